The molecule has 33 heavy (non-hydrogen) atoms. The number of thiophene rings is 1. The van der Waals surface area contributed by atoms with Crippen LogP contribution in [0.4, 0.5) is 10.1 Å². The molecule has 10 heteroatoms. The summed E-state index contributed by atoms with van der Waals surface area (Å²) < 4.78 is 16.9. The lowest BCUT2D eigenvalue weighted by atomic mass is 10.3. The van der Waals surface area contributed by atoms with E-state index in [1.54, 1.807) is 11.3 Å². The molecule has 5 rings (SSSR count). The fraction of sp³-hybridized carbons (Fsp3) is 0.130. The van der Waals surface area contributed by atoms with Crippen molar-refractivity contribution in [2.45, 2.75) is 12.1 Å². The number of fused-ring (bicyclic) bond motifs is 1. The Hall–Kier alpha value is -3.50. The molecular formula is C23H19FN6OS2. The first-order valence-electron chi connectivity index (χ1n) is 10.1. The first-order chi connectivity index (χ1) is 16.0. The van der Waals surface area contributed by atoms with E-state index < -0.39 is 0 Å². The molecule has 1 N–H and O–H groups in total. The third-order valence-electron chi connectivity index (χ3n) is 5.06. The molecule has 0 aliphatic carbocycles. The molecule has 0 atom stereocenters. The molecule has 0 bridgehead atoms. The van der Waals surface area contributed by atoms with Crippen LogP contribution in [0.5, 0.6) is 0 Å². The third kappa shape index (κ3) is 4.27. The van der Waals surface area contributed by atoms with Crippen LogP contribution in [0, 0.1) is 12.7 Å². The van der Waals surface area contributed by atoms with Crippen molar-refractivity contribution >= 4 is 44.9 Å². The van der Waals surface area contributed by atoms with Crippen LogP contribution < -0.4 is 5.32 Å². The average Bonchev–Trinajstić information content (AvgIpc) is 3.49. The maximum absolute atomic E-state index is 13.0. The zero-order valence-corrected chi connectivity index (χ0v) is 19.5. The van der Waals surface area contributed by atoms with Gasteiger partial charge >= 0.3 is 0 Å². The van der Waals surface area contributed by atoms with Gasteiger partial charge in [0.1, 0.15) is 10.6 Å². The van der Waals surface area contributed by atoms with Crippen LogP contribution in [-0.2, 0) is 11.8 Å². The monoisotopic (exact) mass is 478 g/mol. The van der Waals surface area contributed by atoms with E-state index in [2.05, 4.69) is 26.7 Å². The van der Waals surface area contributed by atoms with Gasteiger partial charge in [0.05, 0.1) is 22.0 Å². The van der Waals surface area contributed by atoms with E-state index in [1.165, 1.54) is 36.0 Å². The lowest BCUT2D eigenvalue weighted by Gasteiger charge is -2.05. The summed E-state index contributed by atoms with van der Waals surface area (Å²) in [7, 11) is 1.89. The van der Waals surface area contributed by atoms with Gasteiger partial charge in [-0.1, -0.05) is 30.0 Å². The number of aryl methyl sites for hydroxylation is 1. The smallest absolute Gasteiger partial charge is 0.234 e. The zero-order valence-electron chi connectivity index (χ0n) is 17.8. The van der Waals surface area contributed by atoms with Gasteiger partial charge in [-0.2, -0.15) is 5.10 Å². The van der Waals surface area contributed by atoms with Crippen molar-refractivity contribution in [2.75, 3.05) is 11.1 Å². The molecule has 0 saturated carbocycles. The highest BCUT2D eigenvalue weighted by Crippen LogP contribution is 2.36. The number of carbonyl (C=O) groups is 1. The summed E-state index contributed by atoms with van der Waals surface area (Å²) >= 11 is 2.90. The third-order valence-corrected chi connectivity index (χ3v) is 7.19. The number of hydrogen-bond donors (Lipinski definition) is 1. The molecule has 0 unspecified atom stereocenters. The van der Waals surface area contributed by atoms with Crippen LogP contribution in [0.25, 0.3) is 26.6 Å². The molecule has 3 aromatic heterocycles. The van der Waals surface area contributed by atoms with E-state index in [4.69, 9.17) is 0 Å². The van der Waals surface area contributed by atoms with Crippen molar-refractivity contribution in [3.63, 3.8) is 0 Å². The fourth-order valence-electron chi connectivity index (χ4n) is 3.42. The van der Waals surface area contributed by atoms with Gasteiger partial charge < -0.3 is 9.88 Å². The van der Waals surface area contributed by atoms with E-state index >= 15 is 0 Å². The number of carbonyl (C=O) groups excluding carboxylic acids is 1. The number of rotatable bonds is 6. The van der Waals surface area contributed by atoms with Crippen molar-refractivity contribution in [1.82, 2.24) is 24.5 Å². The predicted octanol–water partition coefficient (Wildman–Crippen LogP) is 5.06. The Labute approximate surface area is 197 Å². The number of nitrogens with one attached hydrogen (secondary N) is 1. The van der Waals surface area contributed by atoms with Gasteiger partial charge in [0, 0.05) is 18.1 Å². The summed E-state index contributed by atoms with van der Waals surface area (Å²) in [5, 5.41) is 17.8. The van der Waals surface area contributed by atoms with Crippen molar-refractivity contribution in [3.05, 3.63) is 72.2 Å². The molecule has 2 aromatic carbocycles. The molecular weight excluding hydrogens is 459 g/mol. The maximum Gasteiger partial charge on any atom is 0.234 e. The Balaban J connectivity index is 1.34. The normalized spacial score (nSPS) is 11.2. The summed E-state index contributed by atoms with van der Waals surface area (Å²) in [6, 6.07) is 17.8. The summed E-state index contributed by atoms with van der Waals surface area (Å²) in [6.07, 6.45) is 0. The van der Waals surface area contributed by atoms with E-state index in [9.17, 15) is 9.18 Å². The van der Waals surface area contributed by atoms with Crippen LogP contribution in [0.15, 0.2) is 65.8 Å². The Bertz CT molecular complexity index is 1440. The van der Waals surface area contributed by atoms with Crippen LogP contribution in [-0.4, -0.2) is 36.2 Å². The van der Waals surface area contributed by atoms with Crippen molar-refractivity contribution in [1.29, 1.82) is 0 Å². The van der Waals surface area contributed by atoms with Crippen molar-refractivity contribution in [3.8, 4) is 16.4 Å². The molecule has 0 fully saturated rings. The lowest BCUT2D eigenvalue weighted by molar-refractivity contribution is -0.113. The molecule has 0 saturated heterocycles. The highest BCUT2D eigenvalue weighted by Gasteiger charge is 2.19. The highest BCUT2D eigenvalue weighted by molar-refractivity contribution is 7.99. The van der Waals surface area contributed by atoms with Crippen molar-refractivity contribution < 1.29 is 9.18 Å². The van der Waals surface area contributed by atoms with Gasteiger partial charge in [0.25, 0.3) is 0 Å². The number of amides is 1. The van der Waals surface area contributed by atoms with Gasteiger partial charge in [-0.15, -0.1) is 21.5 Å². The molecule has 0 aliphatic rings. The molecule has 166 valence electrons. The van der Waals surface area contributed by atoms with Crippen LogP contribution in [0.1, 0.15) is 5.69 Å². The first-order valence-corrected chi connectivity index (χ1v) is 11.9. The zero-order chi connectivity index (χ0) is 22.9. The minimum Gasteiger partial charge on any atom is -0.325 e. The fourth-order valence-corrected chi connectivity index (χ4v) is 5.33. The van der Waals surface area contributed by atoms with Crippen molar-refractivity contribution in [2.24, 2.45) is 7.05 Å². The van der Waals surface area contributed by atoms with Gasteiger partial charge in [-0.3, -0.25) is 4.79 Å². The van der Waals surface area contributed by atoms with Gasteiger partial charge in [-0.05, 0) is 49.4 Å². The minimum atomic E-state index is -0.345. The molecule has 3 heterocycles. The highest BCUT2D eigenvalue weighted by atomic mass is 32.2. The second-order valence-electron chi connectivity index (χ2n) is 7.37. The Morgan fingerprint density at radius 1 is 1.12 bits per heavy atom. The molecule has 0 aliphatic heterocycles. The number of halogens is 1. The quantitative estimate of drug-likeness (QED) is 0.345. The van der Waals surface area contributed by atoms with Gasteiger partial charge in [0.2, 0.25) is 5.91 Å². The average molecular weight is 479 g/mol. The number of nitrogens with zero attached hydrogens (tertiary/aromatic N) is 5. The Morgan fingerprint density at radius 3 is 2.64 bits per heavy atom. The van der Waals surface area contributed by atoms with Crippen LogP contribution >= 0.6 is 23.1 Å². The Kier molecular flexibility index (Phi) is 5.69. The second kappa shape index (κ2) is 8.80. The molecule has 5 aromatic rings. The van der Waals surface area contributed by atoms with E-state index in [1.807, 2.05) is 53.6 Å². The molecule has 0 spiro atoms. The molecule has 0 radical (unpaired) electrons. The Morgan fingerprint density at radius 2 is 1.88 bits per heavy atom. The summed E-state index contributed by atoms with van der Waals surface area (Å²) in [6.45, 7) is 2.00. The standard InChI is InChI=1S/C23H19FN6OS2/c1-14-18-12-19(33-22(18)30(28-14)17-6-4-3-5-7-17)21-26-27-23(29(21)2)32-13-20(31)25-16-10-8-15(24)9-11-16/h3-12H,13H2,1-2H3,(H,25,31). The predicted molar refractivity (Wildman–Crippen MR) is 129 cm³/mol. The second-order valence-corrected chi connectivity index (χ2v) is 9.34. The number of benzene rings is 2. The number of anilines is 1. The number of thioether (sulfide) groups is 1. The van der Waals surface area contributed by atoms with E-state index in [0.717, 1.165) is 32.3 Å². The maximum atomic E-state index is 13.0. The van der Waals surface area contributed by atoms with Crippen LogP contribution in [0.3, 0.4) is 0 Å². The number of para-hydroxylation sites is 1. The van der Waals surface area contributed by atoms with Crippen LogP contribution in [0.2, 0.25) is 0 Å². The SMILES string of the molecule is Cc1nn(-c2ccccc2)c2sc(-c3nnc(SCC(=O)Nc4ccc(F)cc4)n3C)cc12. The lowest BCUT2D eigenvalue weighted by Crippen LogP contribution is -2.14. The topological polar surface area (TPSA) is 77.6 Å². The minimum absolute atomic E-state index is 0.165. The summed E-state index contributed by atoms with van der Waals surface area (Å²) in [4.78, 5) is 14.3. The summed E-state index contributed by atoms with van der Waals surface area (Å²) in [5.41, 5.74) is 2.50. The van der Waals surface area contributed by atoms with Gasteiger partial charge in [0.15, 0.2) is 11.0 Å². The number of aromatic nitrogens is 5. The first kappa shape index (κ1) is 21.4. The number of hydrogen-bond acceptors (Lipinski definition) is 6. The van der Waals surface area contributed by atoms with E-state index in [0.29, 0.717) is 10.8 Å². The van der Waals surface area contributed by atoms with Gasteiger partial charge in [-0.25, -0.2) is 9.07 Å². The molecule has 1 amide bonds. The molecule has 7 nitrogen and oxygen atoms in total. The summed E-state index contributed by atoms with van der Waals surface area (Å²) in [5.74, 6) is 0.354. The largest absolute Gasteiger partial charge is 0.325 e. The van der Waals surface area contributed by atoms with E-state index in [-0.39, 0.29) is 17.5 Å².